The smallest absolute Gasteiger partial charge is 0.226 e. The van der Waals surface area contributed by atoms with Crippen LogP contribution in [0.1, 0.15) is 24.8 Å². The Balaban J connectivity index is 2.43. The van der Waals surface area contributed by atoms with Crippen molar-refractivity contribution in [3.8, 4) is 5.88 Å². The van der Waals surface area contributed by atoms with Gasteiger partial charge < -0.3 is 10.1 Å². The maximum atomic E-state index is 11.2. The third-order valence-electron chi connectivity index (χ3n) is 2.39. The number of methoxy groups -OCH3 is 1. The lowest BCUT2D eigenvalue weighted by Gasteiger charge is -2.21. The predicted molar refractivity (Wildman–Crippen MR) is 52.5 cm³/mol. The van der Waals surface area contributed by atoms with Crippen LogP contribution < -0.4 is 10.1 Å². The third-order valence-corrected chi connectivity index (χ3v) is 2.39. The zero-order chi connectivity index (χ0) is 10.1. The Labute approximate surface area is 82.3 Å². The van der Waals surface area contributed by atoms with E-state index in [1.807, 2.05) is 19.1 Å². The van der Waals surface area contributed by atoms with E-state index in [9.17, 15) is 4.79 Å². The first-order chi connectivity index (χ1) is 6.70. The van der Waals surface area contributed by atoms with E-state index in [4.69, 9.17) is 4.74 Å². The molecule has 1 atom stereocenters. The summed E-state index contributed by atoms with van der Waals surface area (Å²) in [6.45, 7) is 2.02. The molecular weight excluding hydrogens is 180 g/mol. The van der Waals surface area contributed by atoms with Crippen molar-refractivity contribution >= 4 is 11.7 Å². The number of pyridine rings is 1. The summed E-state index contributed by atoms with van der Waals surface area (Å²) < 4.78 is 4.99. The molecular formula is C10H12N2O2. The summed E-state index contributed by atoms with van der Waals surface area (Å²) in [7, 11) is 1.56. The van der Waals surface area contributed by atoms with Crippen molar-refractivity contribution < 1.29 is 9.53 Å². The number of anilines is 1. The fourth-order valence-corrected chi connectivity index (χ4v) is 1.63. The summed E-state index contributed by atoms with van der Waals surface area (Å²) >= 11 is 0. The van der Waals surface area contributed by atoms with E-state index in [0.717, 1.165) is 5.56 Å². The fraction of sp³-hybridized carbons (Fsp3) is 0.400. The van der Waals surface area contributed by atoms with Gasteiger partial charge >= 0.3 is 0 Å². The minimum atomic E-state index is 0.0192. The number of hydrogen-bond acceptors (Lipinski definition) is 3. The Hall–Kier alpha value is -1.58. The highest BCUT2D eigenvalue weighted by Gasteiger charge is 2.22. The van der Waals surface area contributed by atoms with Gasteiger partial charge in [0.25, 0.3) is 0 Å². The van der Waals surface area contributed by atoms with E-state index >= 15 is 0 Å². The van der Waals surface area contributed by atoms with E-state index in [2.05, 4.69) is 10.3 Å². The number of rotatable bonds is 1. The summed E-state index contributed by atoms with van der Waals surface area (Å²) in [5, 5.41) is 2.73. The van der Waals surface area contributed by atoms with Gasteiger partial charge in [0.15, 0.2) is 0 Å². The highest BCUT2D eigenvalue weighted by Crippen LogP contribution is 2.31. The largest absolute Gasteiger partial charge is 0.481 e. The number of amides is 1. The van der Waals surface area contributed by atoms with Crippen molar-refractivity contribution in [2.75, 3.05) is 12.4 Å². The lowest BCUT2D eigenvalue weighted by atomic mass is 9.95. The van der Waals surface area contributed by atoms with Crippen molar-refractivity contribution in [1.29, 1.82) is 0 Å². The van der Waals surface area contributed by atoms with E-state index in [0.29, 0.717) is 18.1 Å². The highest BCUT2D eigenvalue weighted by molar-refractivity contribution is 5.93. The number of ether oxygens (including phenoxy) is 1. The van der Waals surface area contributed by atoms with Crippen LogP contribution in [0.2, 0.25) is 0 Å². The first kappa shape index (κ1) is 8.99. The predicted octanol–water partition coefficient (Wildman–Crippen LogP) is 1.54. The average molecular weight is 192 g/mol. The molecule has 1 N–H and O–H groups in total. The van der Waals surface area contributed by atoms with Gasteiger partial charge in [0, 0.05) is 12.5 Å². The summed E-state index contributed by atoms with van der Waals surface area (Å²) in [6.07, 6.45) is 0.529. The topological polar surface area (TPSA) is 51.2 Å². The molecule has 1 aliphatic heterocycles. The Morgan fingerprint density at radius 3 is 3.07 bits per heavy atom. The number of nitrogens with one attached hydrogen (secondary N) is 1. The lowest BCUT2D eigenvalue weighted by molar-refractivity contribution is -0.116. The van der Waals surface area contributed by atoms with Crippen molar-refractivity contribution in [3.05, 3.63) is 17.7 Å². The van der Waals surface area contributed by atoms with Crippen molar-refractivity contribution in [1.82, 2.24) is 4.98 Å². The molecule has 0 aromatic carbocycles. The quantitative estimate of drug-likeness (QED) is 0.734. The number of aromatic nitrogens is 1. The van der Waals surface area contributed by atoms with E-state index < -0.39 is 0 Å². The molecule has 4 heteroatoms. The number of carbonyl (C=O) groups is 1. The van der Waals surface area contributed by atoms with Gasteiger partial charge in [-0.1, -0.05) is 6.92 Å². The van der Waals surface area contributed by atoms with Crippen molar-refractivity contribution in [2.45, 2.75) is 19.3 Å². The highest BCUT2D eigenvalue weighted by atomic mass is 16.5. The molecule has 1 amide bonds. The van der Waals surface area contributed by atoms with Crippen LogP contribution in [-0.2, 0) is 4.79 Å². The molecule has 0 aliphatic carbocycles. The van der Waals surface area contributed by atoms with Gasteiger partial charge in [0.1, 0.15) is 5.82 Å². The second kappa shape index (κ2) is 3.29. The van der Waals surface area contributed by atoms with Crippen molar-refractivity contribution in [2.24, 2.45) is 0 Å². The number of fused-ring (bicyclic) bond motifs is 1. The molecule has 14 heavy (non-hydrogen) atoms. The van der Waals surface area contributed by atoms with Crippen LogP contribution in [0.5, 0.6) is 5.88 Å². The molecule has 0 saturated carbocycles. The number of carbonyl (C=O) groups excluding carboxylic acids is 1. The minimum Gasteiger partial charge on any atom is -0.481 e. The molecule has 0 bridgehead atoms. The molecule has 1 unspecified atom stereocenters. The maximum Gasteiger partial charge on any atom is 0.226 e. The van der Waals surface area contributed by atoms with Crippen LogP contribution >= 0.6 is 0 Å². The molecule has 0 saturated heterocycles. The molecule has 4 nitrogen and oxygen atoms in total. The number of nitrogens with zero attached hydrogens (tertiary/aromatic N) is 1. The molecule has 1 aliphatic rings. The van der Waals surface area contributed by atoms with Crippen LogP contribution in [0.4, 0.5) is 5.82 Å². The lowest BCUT2D eigenvalue weighted by Crippen LogP contribution is -2.22. The Kier molecular flexibility index (Phi) is 2.11. The summed E-state index contributed by atoms with van der Waals surface area (Å²) in [4.78, 5) is 15.4. The third kappa shape index (κ3) is 1.43. The zero-order valence-corrected chi connectivity index (χ0v) is 8.20. The SMILES string of the molecule is COc1ccc2c(n1)NC(=O)CC2C. The summed E-state index contributed by atoms with van der Waals surface area (Å²) in [5.74, 6) is 1.41. The van der Waals surface area contributed by atoms with Gasteiger partial charge in [-0.2, -0.15) is 4.98 Å². The molecule has 0 spiro atoms. The molecule has 2 heterocycles. The van der Waals surface area contributed by atoms with Crippen LogP contribution in [0.3, 0.4) is 0 Å². The van der Waals surface area contributed by atoms with Gasteiger partial charge in [0.2, 0.25) is 11.8 Å². The van der Waals surface area contributed by atoms with E-state index in [1.165, 1.54) is 0 Å². The van der Waals surface area contributed by atoms with Gasteiger partial charge in [-0.3, -0.25) is 4.79 Å². The average Bonchev–Trinajstić information content (AvgIpc) is 2.16. The first-order valence-electron chi connectivity index (χ1n) is 4.55. The molecule has 0 fully saturated rings. The normalized spacial score (nSPS) is 19.9. The van der Waals surface area contributed by atoms with Gasteiger partial charge in [-0.05, 0) is 17.5 Å². The molecule has 2 rings (SSSR count). The van der Waals surface area contributed by atoms with E-state index in [1.54, 1.807) is 7.11 Å². The standard InChI is InChI=1S/C10H12N2O2/c1-6-5-8(13)11-10-7(6)3-4-9(12-10)14-2/h3-4,6H,5H2,1-2H3,(H,11,12,13). The monoisotopic (exact) mass is 192 g/mol. The van der Waals surface area contributed by atoms with Crippen LogP contribution in [0.25, 0.3) is 0 Å². The molecule has 74 valence electrons. The molecule has 1 aromatic heterocycles. The van der Waals surface area contributed by atoms with Crippen molar-refractivity contribution in [3.63, 3.8) is 0 Å². The Morgan fingerprint density at radius 2 is 2.36 bits per heavy atom. The second-order valence-corrected chi connectivity index (χ2v) is 3.44. The summed E-state index contributed by atoms with van der Waals surface area (Å²) in [5.41, 5.74) is 1.07. The number of hydrogen-bond donors (Lipinski definition) is 1. The maximum absolute atomic E-state index is 11.2. The van der Waals surface area contributed by atoms with Crippen LogP contribution in [0.15, 0.2) is 12.1 Å². The minimum absolute atomic E-state index is 0.0192. The second-order valence-electron chi connectivity index (χ2n) is 3.44. The van der Waals surface area contributed by atoms with E-state index in [-0.39, 0.29) is 11.8 Å². The Bertz CT molecular complexity index is 376. The van der Waals surface area contributed by atoms with Crippen LogP contribution in [-0.4, -0.2) is 18.0 Å². The van der Waals surface area contributed by atoms with Gasteiger partial charge in [0.05, 0.1) is 7.11 Å². The molecule has 1 aromatic rings. The first-order valence-corrected chi connectivity index (χ1v) is 4.55. The van der Waals surface area contributed by atoms with Gasteiger partial charge in [-0.25, -0.2) is 0 Å². The molecule has 0 radical (unpaired) electrons. The zero-order valence-electron chi connectivity index (χ0n) is 8.20. The Morgan fingerprint density at radius 1 is 1.57 bits per heavy atom. The fourth-order valence-electron chi connectivity index (χ4n) is 1.63. The van der Waals surface area contributed by atoms with Gasteiger partial charge in [-0.15, -0.1) is 0 Å². The summed E-state index contributed by atoms with van der Waals surface area (Å²) in [6, 6.07) is 3.76. The van der Waals surface area contributed by atoms with Crippen LogP contribution in [0, 0.1) is 0 Å².